The van der Waals surface area contributed by atoms with Crippen LogP contribution in [0, 0.1) is 5.41 Å². The first-order valence-corrected chi connectivity index (χ1v) is 11.1. The Morgan fingerprint density at radius 2 is 1.65 bits per heavy atom. The van der Waals surface area contributed by atoms with E-state index in [1.54, 1.807) is 0 Å². The molecule has 31 heavy (non-hydrogen) atoms. The van der Waals surface area contributed by atoms with E-state index in [2.05, 4.69) is 41.4 Å². The summed E-state index contributed by atoms with van der Waals surface area (Å²) >= 11 is 0. The molecule has 6 heteroatoms. The topological polar surface area (TPSA) is 78.9 Å². The minimum Gasteiger partial charge on any atom is -0.481 e. The first-order chi connectivity index (χ1) is 15.0. The van der Waals surface area contributed by atoms with Gasteiger partial charge in [0.1, 0.15) is 6.61 Å². The van der Waals surface area contributed by atoms with E-state index in [9.17, 15) is 14.7 Å². The van der Waals surface area contributed by atoms with E-state index in [0.717, 1.165) is 37.2 Å². The van der Waals surface area contributed by atoms with E-state index in [4.69, 9.17) is 4.74 Å². The van der Waals surface area contributed by atoms with Gasteiger partial charge >= 0.3 is 12.1 Å². The fraction of sp³-hybridized carbons (Fsp3) is 0.440. The maximum absolute atomic E-state index is 12.5. The van der Waals surface area contributed by atoms with E-state index in [0.29, 0.717) is 12.8 Å². The molecule has 1 aliphatic heterocycles. The Labute approximate surface area is 183 Å². The van der Waals surface area contributed by atoms with Gasteiger partial charge in [0.15, 0.2) is 0 Å². The summed E-state index contributed by atoms with van der Waals surface area (Å²) in [5.74, 6) is -0.855. The molecule has 0 unspecified atom stereocenters. The van der Waals surface area contributed by atoms with Crippen molar-refractivity contribution in [3.8, 4) is 11.1 Å². The van der Waals surface area contributed by atoms with Gasteiger partial charge in [-0.3, -0.25) is 4.79 Å². The number of alkyl carbamates (subject to hydrolysis) is 1. The van der Waals surface area contributed by atoms with Gasteiger partial charge in [0, 0.05) is 12.5 Å². The number of carboxylic acids is 1. The van der Waals surface area contributed by atoms with E-state index in [1.165, 1.54) is 11.1 Å². The molecule has 2 N–H and O–H groups in total. The molecule has 2 aromatic carbocycles. The molecule has 0 saturated carbocycles. The Hall–Kier alpha value is -2.86. The summed E-state index contributed by atoms with van der Waals surface area (Å²) in [5, 5.41) is 12.6. The Morgan fingerprint density at radius 1 is 1.06 bits per heavy atom. The summed E-state index contributed by atoms with van der Waals surface area (Å²) in [6, 6.07) is 16.4. The average Bonchev–Trinajstić information content (AvgIpc) is 3.11. The second-order valence-electron chi connectivity index (χ2n) is 8.61. The van der Waals surface area contributed by atoms with Crippen molar-refractivity contribution < 1.29 is 19.4 Å². The molecule has 1 fully saturated rings. The van der Waals surface area contributed by atoms with Gasteiger partial charge in [-0.15, -0.1) is 0 Å². The first kappa shape index (κ1) is 21.4. The SMILES string of the molecule is CCCN1CCC(CNC(=O)OCC2c3ccccc3-c3ccccc32)(C(=O)O)CC1. The third-order valence-electron chi connectivity index (χ3n) is 6.72. The second-order valence-corrected chi connectivity index (χ2v) is 8.61. The lowest BCUT2D eigenvalue weighted by atomic mass is 9.78. The molecule has 0 spiro atoms. The second kappa shape index (κ2) is 9.10. The normalized spacial score (nSPS) is 17.6. The molecule has 1 saturated heterocycles. The highest BCUT2D eigenvalue weighted by Crippen LogP contribution is 2.44. The van der Waals surface area contributed by atoms with Crippen LogP contribution in [0.25, 0.3) is 11.1 Å². The predicted octanol–water partition coefficient (Wildman–Crippen LogP) is 4.10. The van der Waals surface area contributed by atoms with E-state index in [1.807, 2.05) is 24.3 Å². The molecule has 6 nitrogen and oxygen atoms in total. The van der Waals surface area contributed by atoms with E-state index in [-0.39, 0.29) is 19.1 Å². The fourth-order valence-corrected chi connectivity index (χ4v) is 4.88. The molecule has 0 atom stereocenters. The minimum atomic E-state index is -0.921. The van der Waals surface area contributed by atoms with Crippen LogP contribution in [0.15, 0.2) is 48.5 Å². The lowest BCUT2D eigenvalue weighted by molar-refractivity contribution is -0.151. The van der Waals surface area contributed by atoms with Gasteiger partial charge in [-0.05, 0) is 61.2 Å². The molecule has 0 radical (unpaired) electrons. The van der Waals surface area contributed by atoms with Crippen LogP contribution in [0.2, 0.25) is 0 Å². The predicted molar refractivity (Wildman–Crippen MR) is 119 cm³/mol. The molecular weight excluding hydrogens is 392 g/mol. The number of nitrogens with one attached hydrogen (secondary N) is 1. The van der Waals surface area contributed by atoms with E-state index < -0.39 is 17.5 Å². The number of rotatable bonds is 7. The van der Waals surface area contributed by atoms with Crippen molar-refractivity contribution in [1.29, 1.82) is 0 Å². The number of benzene rings is 2. The molecule has 164 valence electrons. The highest BCUT2D eigenvalue weighted by atomic mass is 16.5. The van der Waals surface area contributed by atoms with Gasteiger partial charge in [-0.1, -0.05) is 55.5 Å². The first-order valence-electron chi connectivity index (χ1n) is 11.1. The molecule has 4 rings (SSSR count). The third kappa shape index (κ3) is 4.30. The average molecular weight is 423 g/mol. The number of amides is 1. The number of carbonyl (C=O) groups excluding carboxylic acids is 1. The Morgan fingerprint density at radius 3 is 2.19 bits per heavy atom. The van der Waals surface area contributed by atoms with Crippen molar-refractivity contribution in [1.82, 2.24) is 10.2 Å². The Kier molecular flexibility index (Phi) is 6.28. The lowest BCUT2D eigenvalue weighted by Gasteiger charge is -2.38. The summed E-state index contributed by atoms with van der Waals surface area (Å²) in [5.41, 5.74) is 3.74. The van der Waals surface area contributed by atoms with Crippen molar-refractivity contribution in [2.45, 2.75) is 32.1 Å². The number of fused-ring (bicyclic) bond motifs is 3. The Bertz CT molecular complexity index is 905. The minimum absolute atomic E-state index is 0.0103. The van der Waals surface area contributed by atoms with Gasteiger partial charge in [-0.25, -0.2) is 4.79 Å². The third-order valence-corrected chi connectivity index (χ3v) is 6.72. The molecule has 1 aliphatic carbocycles. The van der Waals surface area contributed by atoms with Gasteiger partial charge in [-0.2, -0.15) is 0 Å². The number of piperidine rings is 1. The summed E-state index contributed by atoms with van der Waals surface area (Å²) in [7, 11) is 0. The fourth-order valence-electron chi connectivity index (χ4n) is 4.88. The number of carbonyl (C=O) groups is 2. The van der Waals surface area contributed by atoms with Crippen LogP contribution >= 0.6 is 0 Å². The van der Waals surface area contributed by atoms with Crippen LogP contribution < -0.4 is 5.32 Å². The monoisotopic (exact) mass is 422 g/mol. The summed E-state index contributed by atoms with van der Waals surface area (Å²) in [6.07, 6.45) is 1.56. The van der Waals surface area contributed by atoms with Crippen LogP contribution in [0.1, 0.15) is 43.2 Å². The van der Waals surface area contributed by atoms with Crippen molar-refractivity contribution in [3.63, 3.8) is 0 Å². The quantitative estimate of drug-likeness (QED) is 0.702. The van der Waals surface area contributed by atoms with Gasteiger partial charge in [0.2, 0.25) is 0 Å². The maximum Gasteiger partial charge on any atom is 0.407 e. The number of likely N-dealkylation sites (tertiary alicyclic amines) is 1. The number of nitrogens with zero attached hydrogens (tertiary/aromatic N) is 1. The number of carboxylic acid groups (broad SMARTS) is 1. The molecule has 0 bridgehead atoms. The van der Waals surface area contributed by atoms with E-state index >= 15 is 0 Å². The van der Waals surface area contributed by atoms with Gasteiger partial charge < -0.3 is 20.1 Å². The molecular formula is C25H30N2O4. The smallest absolute Gasteiger partial charge is 0.407 e. The summed E-state index contributed by atoms with van der Waals surface area (Å²) < 4.78 is 5.56. The molecule has 2 aromatic rings. The molecule has 2 aliphatic rings. The maximum atomic E-state index is 12.5. The number of hydrogen-bond acceptors (Lipinski definition) is 4. The van der Waals surface area contributed by atoms with Crippen LogP contribution in [0.3, 0.4) is 0 Å². The van der Waals surface area contributed by atoms with Crippen LogP contribution in [0.4, 0.5) is 4.79 Å². The summed E-state index contributed by atoms with van der Waals surface area (Å²) in [4.78, 5) is 26.7. The zero-order chi connectivity index (χ0) is 21.8. The largest absolute Gasteiger partial charge is 0.481 e. The van der Waals surface area contributed by atoms with Gasteiger partial charge in [0.25, 0.3) is 0 Å². The molecule has 1 amide bonds. The lowest BCUT2D eigenvalue weighted by Crippen LogP contribution is -2.50. The standard InChI is InChI=1S/C25H30N2O4/c1-2-13-27-14-11-25(12-15-27,23(28)29)17-26-24(30)31-16-22-20-9-5-3-7-18(20)19-8-4-6-10-21(19)22/h3-10,22H,2,11-17H2,1H3,(H,26,30)(H,28,29). The van der Waals surface area contributed by atoms with Crippen molar-refractivity contribution in [2.75, 3.05) is 32.8 Å². The van der Waals surface area contributed by atoms with Crippen molar-refractivity contribution in [2.24, 2.45) is 5.41 Å². The summed E-state index contributed by atoms with van der Waals surface area (Å²) in [6.45, 7) is 4.91. The number of hydrogen-bond donors (Lipinski definition) is 2. The molecule has 1 heterocycles. The zero-order valence-electron chi connectivity index (χ0n) is 18.0. The highest BCUT2D eigenvalue weighted by molar-refractivity contribution is 5.79. The zero-order valence-corrected chi connectivity index (χ0v) is 18.0. The van der Waals surface area contributed by atoms with Crippen molar-refractivity contribution in [3.05, 3.63) is 59.7 Å². The van der Waals surface area contributed by atoms with Gasteiger partial charge in [0.05, 0.1) is 5.41 Å². The van der Waals surface area contributed by atoms with Crippen LogP contribution in [-0.4, -0.2) is 54.9 Å². The van der Waals surface area contributed by atoms with Crippen molar-refractivity contribution >= 4 is 12.1 Å². The molecule has 0 aromatic heterocycles. The number of aliphatic carboxylic acids is 1. The number of ether oxygens (including phenoxy) is 1. The van der Waals surface area contributed by atoms with Crippen LogP contribution in [0.5, 0.6) is 0 Å². The van der Waals surface area contributed by atoms with Crippen LogP contribution in [-0.2, 0) is 9.53 Å². The highest BCUT2D eigenvalue weighted by Gasteiger charge is 2.42. The Balaban J connectivity index is 1.36.